The molecule has 0 unspecified atom stereocenters. The fourth-order valence-corrected chi connectivity index (χ4v) is 2.96. The van der Waals surface area contributed by atoms with Gasteiger partial charge in [0.2, 0.25) is 5.91 Å². The number of hydrogen-bond donors (Lipinski definition) is 1. The molecule has 0 aliphatic carbocycles. The van der Waals surface area contributed by atoms with Crippen molar-refractivity contribution in [3.63, 3.8) is 0 Å². The third-order valence-electron chi connectivity index (χ3n) is 3.97. The maximum Gasteiger partial charge on any atom is 0.315 e. The van der Waals surface area contributed by atoms with Gasteiger partial charge in [0.1, 0.15) is 18.4 Å². The zero-order valence-corrected chi connectivity index (χ0v) is 14.2. The standard InChI is InChI=1S/C16H22ClN3O3/c1-11-5-6-14(12(17)10-11)23-9-8-19(2)15(21)13-4-3-7-20(13)16(18)22/h5-6,10,13H,3-4,7-9H2,1-2H3,(H2,18,22)/t13-/m0/s1. The van der Waals surface area contributed by atoms with Crippen molar-refractivity contribution < 1.29 is 14.3 Å². The van der Waals surface area contributed by atoms with Crippen molar-refractivity contribution in [3.05, 3.63) is 28.8 Å². The Labute approximate surface area is 141 Å². The largest absolute Gasteiger partial charge is 0.490 e. The zero-order valence-electron chi connectivity index (χ0n) is 13.4. The third kappa shape index (κ3) is 4.28. The first-order valence-electron chi connectivity index (χ1n) is 7.60. The van der Waals surface area contributed by atoms with Gasteiger partial charge in [-0.05, 0) is 37.5 Å². The number of amides is 3. The molecule has 6 nitrogen and oxygen atoms in total. The first-order chi connectivity index (χ1) is 10.9. The van der Waals surface area contributed by atoms with Gasteiger partial charge in [0.25, 0.3) is 0 Å². The predicted octanol–water partition coefficient (Wildman–Crippen LogP) is 2.03. The lowest BCUT2D eigenvalue weighted by Gasteiger charge is -2.26. The van der Waals surface area contributed by atoms with Crippen LogP contribution >= 0.6 is 11.6 Å². The molecule has 1 heterocycles. The molecule has 1 atom stereocenters. The van der Waals surface area contributed by atoms with Crippen LogP contribution < -0.4 is 10.5 Å². The smallest absolute Gasteiger partial charge is 0.315 e. The SMILES string of the molecule is Cc1ccc(OCCN(C)C(=O)[C@@H]2CCCN2C(N)=O)c(Cl)c1. The number of urea groups is 1. The summed E-state index contributed by atoms with van der Waals surface area (Å²) in [5, 5.41) is 0.551. The Hall–Kier alpha value is -1.95. The Bertz CT molecular complexity index is 594. The molecule has 0 aromatic heterocycles. The Morgan fingerprint density at radius 1 is 1.48 bits per heavy atom. The third-order valence-corrected chi connectivity index (χ3v) is 4.26. The number of ether oxygens (including phenoxy) is 1. The number of primary amides is 1. The van der Waals surface area contributed by atoms with E-state index >= 15 is 0 Å². The zero-order chi connectivity index (χ0) is 17.0. The number of nitrogens with zero attached hydrogens (tertiary/aromatic N) is 2. The lowest BCUT2D eigenvalue weighted by Crippen LogP contribution is -2.49. The Balaban J connectivity index is 1.85. The molecule has 1 aromatic rings. The molecular weight excluding hydrogens is 318 g/mol. The van der Waals surface area contributed by atoms with Crippen LogP contribution in [0, 0.1) is 6.92 Å². The minimum absolute atomic E-state index is 0.111. The van der Waals surface area contributed by atoms with Crippen LogP contribution in [0.15, 0.2) is 18.2 Å². The van der Waals surface area contributed by atoms with E-state index in [0.29, 0.717) is 36.9 Å². The van der Waals surface area contributed by atoms with E-state index in [1.165, 1.54) is 4.90 Å². The quantitative estimate of drug-likeness (QED) is 0.891. The van der Waals surface area contributed by atoms with Crippen LogP contribution in [-0.4, -0.2) is 54.5 Å². The van der Waals surface area contributed by atoms with Gasteiger partial charge in [0.05, 0.1) is 11.6 Å². The van der Waals surface area contributed by atoms with Gasteiger partial charge < -0.3 is 20.3 Å². The van der Waals surface area contributed by atoms with Crippen LogP contribution in [0.25, 0.3) is 0 Å². The average molecular weight is 340 g/mol. The normalized spacial score (nSPS) is 17.2. The number of halogens is 1. The van der Waals surface area contributed by atoms with E-state index in [9.17, 15) is 9.59 Å². The number of carbonyl (C=O) groups is 2. The van der Waals surface area contributed by atoms with Crippen molar-refractivity contribution in [2.45, 2.75) is 25.8 Å². The van der Waals surface area contributed by atoms with Crippen molar-refractivity contribution in [2.75, 3.05) is 26.7 Å². The van der Waals surface area contributed by atoms with Gasteiger partial charge in [-0.25, -0.2) is 4.79 Å². The lowest BCUT2D eigenvalue weighted by atomic mass is 10.2. The maximum atomic E-state index is 12.4. The molecular formula is C16H22ClN3O3. The summed E-state index contributed by atoms with van der Waals surface area (Å²) in [6, 6.07) is 4.55. The maximum absolute atomic E-state index is 12.4. The van der Waals surface area contributed by atoms with E-state index in [-0.39, 0.29) is 5.91 Å². The van der Waals surface area contributed by atoms with Crippen LogP contribution in [0.5, 0.6) is 5.75 Å². The van der Waals surface area contributed by atoms with E-state index in [2.05, 4.69) is 0 Å². The minimum atomic E-state index is -0.545. The number of rotatable bonds is 5. The predicted molar refractivity (Wildman–Crippen MR) is 88.6 cm³/mol. The van der Waals surface area contributed by atoms with E-state index in [0.717, 1.165) is 12.0 Å². The Morgan fingerprint density at radius 3 is 2.87 bits per heavy atom. The van der Waals surface area contributed by atoms with E-state index < -0.39 is 12.1 Å². The molecule has 7 heteroatoms. The van der Waals surface area contributed by atoms with Gasteiger partial charge in [-0.1, -0.05) is 17.7 Å². The fourth-order valence-electron chi connectivity index (χ4n) is 2.67. The molecule has 0 saturated carbocycles. The monoisotopic (exact) mass is 339 g/mol. The van der Waals surface area contributed by atoms with Crippen molar-refractivity contribution in [1.29, 1.82) is 0 Å². The summed E-state index contributed by atoms with van der Waals surface area (Å²) in [7, 11) is 1.69. The molecule has 1 aromatic carbocycles. The summed E-state index contributed by atoms with van der Waals surface area (Å²) >= 11 is 6.10. The summed E-state index contributed by atoms with van der Waals surface area (Å²) in [6.07, 6.45) is 1.44. The highest BCUT2D eigenvalue weighted by Gasteiger charge is 2.34. The summed E-state index contributed by atoms with van der Waals surface area (Å²) in [5.41, 5.74) is 6.37. The average Bonchev–Trinajstić information content (AvgIpc) is 2.98. The molecule has 2 N–H and O–H groups in total. The highest BCUT2D eigenvalue weighted by molar-refractivity contribution is 6.32. The second-order valence-corrected chi connectivity index (χ2v) is 6.14. The van der Waals surface area contributed by atoms with Crippen LogP contribution in [0.1, 0.15) is 18.4 Å². The molecule has 1 aliphatic heterocycles. The van der Waals surface area contributed by atoms with Crippen molar-refractivity contribution >= 4 is 23.5 Å². The molecule has 0 radical (unpaired) electrons. The highest BCUT2D eigenvalue weighted by atomic mass is 35.5. The summed E-state index contributed by atoms with van der Waals surface area (Å²) in [6.45, 7) is 3.23. The molecule has 3 amide bonds. The topological polar surface area (TPSA) is 75.9 Å². The molecule has 2 rings (SSSR count). The van der Waals surface area contributed by atoms with Crippen LogP contribution in [-0.2, 0) is 4.79 Å². The van der Waals surface area contributed by atoms with Gasteiger partial charge in [0, 0.05) is 13.6 Å². The Morgan fingerprint density at radius 2 is 2.22 bits per heavy atom. The number of likely N-dealkylation sites (N-methyl/N-ethyl adjacent to an activating group) is 1. The summed E-state index contributed by atoms with van der Waals surface area (Å²) in [4.78, 5) is 26.7. The summed E-state index contributed by atoms with van der Waals surface area (Å²) < 4.78 is 5.62. The van der Waals surface area contributed by atoms with Gasteiger partial charge in [0.15, 0.2) is 0 Å². The van der Waals surface area contributed by atoms with Gasteiger partial charge in [-0.3, -0.25) is 4.79 Å². The van der Waals surface area contributed by atoms with Crippen LogP contribution in [0.4, 0.5) is 4.79 Å². The first-order valence-corrected chi connectivity index (χ1v) is 7.98. The van der Waals surface area contributed by atoms with Crippen molar-refractivity contribution in [3.8, 4) is 5.75 Å². The second-order valence-electron chi connectivity index (χ2n) is 5.73. The number of hydrogen-bond acceptors (Lipinski definition) is 3. The number of nitrogens with two attached hydrogens (primary N) is 1. The molecule has 23 heavy (non-hydrogen) atoms. The molecule has 1 aliphatic rings. The van der Waals surface area contributed by atoms with Gasteiger partial charge in [-0.15, -0.1) is 0 Å². The lowest BCUT2D eigenvalue weighted by molar-refractivity contribution is -0.134. The number of aryl methyl sites for hydroxylation is 1. The van der Waals surface area contributed by atoms with Gasteiger partial charge in [-0.2, -0.15) is 0 Å². The molecule has 0 bridgehead atoms. The van der Waals surface area contributed by atoms with E-state index in [4.69, 9.17) is 22.1 Å². The number of carbonyl (C=O) groups excluding carboxylic acids is 2. The molecule has 1 fully saturated rings. The fraction of sp³-hybridized carbons (Fsp3) is 0.500. The van der Waals surface area contributed by atoms with Crippen molar-refractivity contribution in [1.82, 2.24) is 9.80 Å². The molecule has 0 spiro atoms. The number of likely N-dealkylation sites (tertiary alicyclic amines) is 1. The van der Waals surface area contributed by atoms with Crippen molar-refractivity contribution in [2.24, 2.45) is 5.73 Å². The van der Waals surface area contributed by atoms with E-state index in [1.54, 1.807) is 11.9 Å². The first kappa shape index (κ1) is 17.4. The van der Waals surface area contributed by atoms with E-state index in [1.807, 2.05) is 25.1 Å². The minimum Gasteiger partial charge on any atom is -0.490 e. The number of benzene rings is 1. The summed E-state index contributed by atoms with van der Waals surface area (Å²) in [5.74, 6) is 0.484. The molecule has 126 valence electrons. The highest BCUT2D eigenvalue weighted by Crippen LogP contribution is 2.25. The second kappa shape index (κ2) is 7.55. The van der Waals surface area contributed by atoms with Gasteiger partial charge >= 0.3 is 6.03 Å². The van der Waals surface area contributed by atoms with Crippen LogP contribution in [0.3, 0.4) is 0 Å². The Kier molecular flexibility index (Phi) is 5.71. The van der Waals surface area contributed by atoms with Crippen LogP contribution in [0.2, 0.25) is 5.02 Å². The molecule has 1 saturated heterocycles.